The molecule has 0 atom stereocenters. The van der Waals surface area contributed by atoms with Crippen molar-refractivity contribution in [1.29, 1.82) is 0 Å². The largest absolute Gasteiger partial charge is 0.324 e. The van der Waals surface area contributed by atoms with E-state index in [0.717, 1.165) is 25.7 Å². The fourth-order valence-corrected chi connectivity index (χ4v) is 3.65. The van der Waals surface area contributed by atoms with Gasteiger partial charge in [-0.15, -0.1) is 0 Å². The monoisotopic (exact) mass is 263 g/mol. The van der Waals surface area contributed by atoms with E-state index in [1.165, 1.54) is 10.7 Å². The summed E-state index contributed by atoms with van der Waals surface area (Å²) in [6, 6.07) is 0. The van der Waals surface area contributed by atoms with Gasteiger partial charge in [-0.05, 0) is 12.8 Å². The van der Waals surface area contributed by atoms with Crippen LogP contribution in [0.3, 0.4) is 0 Å². The second kappa shape index (κ2) is 6.13. The van der Waals surface area contributed by atoms with E-state index >= 15 is 0 Å². The number of rotatable bonds is 6. The number of nitrogens with one attached hydrogen (secondary N) is 1. The fourth-order valence-electron chi connectivity index (χ4n) is 2.32. The summed E-state index contributed by atoms with van der Waals surface area (Å²) in [4.78, 5) is 0. The maximum Gasteiger partial charge on any atom is 0.279 e. The molecule has 0 aromatic heterocycles. The zero-order chi connectivity index (χ0) is 12.9. The van der Waals surface area contributed by atoms with E-state index in [4.69, 9.17) is 5.73 Å². The Morgan fingerprint density at radius 3 is 2.18 bits per heavy atom. The van der Waals surface area contributed by atoms with Gasteiger partial charge in [0.2, 0.25) is 0 Å². The summed E-state index contributed by atoms with van der Waals surface area (Å²) in [7, 11) is -3.36. The van der Waals surface area contributed by atoms with Gasteiger partial charge in [0.1, 0.15) is 0 Å². The Balaban J connectivity index is 2.54. The van der Waals surface area contributed by atoms with E-state index in [1.54, 1.807) is 0 Å². The van der Waals surface area contributed by atoms with Crippen LogP contribution in [0.25, 0.3) is 0 Å². The number of hydrogen-bond acceptors (Lipinski definition) is 3. The third kappa shape index (κ3) is 4.21. The first-order chi connectivity index (χ1) is 7.93. The van der Waals surface area contributed by atoms with Crippen molar-refractivity contribution < 1.29 is 8.42 Å². The highest BCUT2D eigenvalue weighted by Gasteiger charge is 2.30. The van der Waals surface area contributed by atoms with Crippen molar-refractivity contribution in [2.45, 2.75) is 51.5 Å². The van der Waals surface area contributed by atoms with Crippen LogP contribution in [0.2, 0.25) is 0 Å². The summed E-state index contributed by atoms with van der Waals surface area (Å²) < 4.78 is 27.9. The van der Waals surface area contributed by atoms with E-state index < -0.39 is 10.2 Å². The first-order valence-electron chi connectivity index (χ1n) is 6.47. The van der Waals surface area contributed by atoms with Crippen LogP contribution in [-0.2, 0) is 10.2 Å². The van der Waals surface area contributed by atoms with Crippen molar-refractivity contribution in [2.75, 3.05) is 19.6 Å². The van der Waals surface area contributed by atoms with Crippen LogP contribution in [0.1, 0.15) is 46.0 Å². The maximum atomic E-state index is 11.9. The third-order valence-electron chi connectivity index (χ3n) is 3.50. The molecule has 6 heteroatoms. The third-order valence-corrected chi connectivity index (χ3v) is 5.21. The highest BCUT2D eigenvalue weighted by Crippen LogP contribution is 2.25. The summed E-state index contributed by atoms with van der Waals surface area (Å²) in [5.41, 5.74) is 5.86. The normalized spacial score (nSPS) is 20.7. The average molecular weight is 263 g/mol. The molecule has 17 heavy (non-hydrogen) atoms. The molecule has 1 fully saturated rings. The van der Waals surface area contributed by atoms with Gasteiger partial charge in [0.25, 0.3) is 10.2 Å². The predicted octanol–water partition coefficient (Wildman–Crippen LogP) is 0.824. The lowest BCUT2D eigenvalue weighted by atomic mass is 9.83. The van der Waals surface area contributed by atoms with Gasteiger partial charge in [0.15, 0.2) is 0 Å². The minimum Gasteiger partial charge on any atom is -0.324 e. The summed E-state index contributed by atoms with van der Waals surface area (Å²) in [6.07, 6.45) is 5.23. The molecule has 102 valence electrons. The Labute approximate surface area is 105 Å². The van der Waals surface area contributed by atoms with E-state index in [-0.39, 0.29) is 5.54 Å². The van der Waals surface area contributed by atoms with Gasteiger partial charge >= 0.3 is 0 Å². The van der Waals surface area contributed by atoms with Crippen LogP contribution in [0.4, 0.5) is 0 Å². The SMILES string of the molecule is CCN(CC)S(=O)(=O)NCC1(N)CCCCC1. The zero-order valence-corrected chi connectivity index (χ0v) is 11.7. The molecule has 5 nitrogen and oxygen atoms in total. The minimum absolute atomic E-state index is 0.349. The first kappa shape index (κ1) is 14.9. The summed E-state index contributed by atoms with van der Waals surface area (Å²) in [6.45, 7) is 5.00. The molecule has 3 N–H and O–H groups in total. The lowest BCUT2D eigenvalue weighted by Crippen LogP contribution is -2.53. The highest BCUT2D eigenvalue weighted by molar-refractivity contribution is 7.87. The highest BCUT2D eigenvalue weighted by atomic mass is 32.2. The molecule has 0 unspecified atom stereocenters. The first-order valence-corrected chi connectivity index (χ1v) is 7.91. The quantitative estimate of drug-likeness (QED) is 0.745. The zero-order valence-electron chi connectivity index (χ0n) is 10.9. The summed E-state index contributed by atoms with van der Waals surface area (Å²) in [5.74, 6) is 0. The van der Waals surface area contributed by atoms with Crippen molar-refractivity contribution in [3.8, 4) is 0 Å². The standard InChI is InChI=1S/C11H25N3O2S/c1-3-14(4-2)17(15,16)13-10-11(12)8-6-5-7-9-11/h13H,3-10,12H2,1-2H3. The van der Waals surface area contributed by atoms with Crippen LogP contribution in [0.5, 0.6) is 0 Å². The van der Waals surface area contributed by atoms with E-state index in [1.807, 2.05) is 13.8 Å². The molecule has 0 spiro atoms. The summed E-state index contributed by atoms with van der Waals surface area (Å²) in [5, 5.41) is 0. The maximum absolute atomic E-state index is 11.9. The Morgan fingerprint density at radius 2 is 1.71 bits per heavy atom. The van der Waals surface area contributed by atoms with Crippen molar-refractivity contribution in [3.05, 3.63) is 0 Å². The number of nitrogens with zero attached hydrogens (tertiary/aromatic N) is 1. The lowest BCUT2D eigenvalue weighted by Gasteiger charge is -2.34. The topological polar surface area (TPSA) is 75.4 Å². The van der Waals surface area contributed by atoms with E-state index in [2.05, 4.69) is 4.72 Å². The summed E-state index contributed by atoms with van der Waals surface area (Å²) >= 11 is 0. The molecule has 0 saturated heterocycles. The molecular formula is C11H25N3O2S. The molecule has 1 aliphatic rings. The predicted molar refractivity (Wildman–Crippen MR) is 69.8 cm³/mol. The van der Waals surface area contributed by atoms with Crippen molar-refractivity contribution in [3.63, 3.8) is 0 Å². The van der Waals surface area contributed by atoms with Crippen molar-refractivity contribution in [2.24, 2.45) is 5.73 Å². The van der Waals surface area contributed by atoms with Gasteiger partial charge in [-0.1, -0.05) is 33.1 Å². The van der Waals surface area contributed by atoms with Crippen LogP contribution in [0.15, 0.2) is 0 Å². The Kier molecular flexibility index (Phi) is 5.37. The van der Waals surface area contributed by atoms with Crippen LogP contribution in [0, 0.1) is 0 Å². The van der Waals surface area contributed by atoms with E-state index in [9.17, 15) is 8.42 Å². The molecule has 0 aromatic rings. The van der Waals surface area contributed by atoms with Crippen molar-refractivity contribution in [1.82, 2.24) is 9.03 Å². The molecule has 0 bridgehead atoms. The second-order valence-corrected chi connectivity index (χ2v) is 6.59. The van der Waals surface area contributed by atoms with Gasteiger partial charge in [-0.3, -0.25) is 0 Å². The fraction of sp³-hybridized carbons (Fsp3) is 1.00. The Morgan fingerprint density at radius 1 is 1.18 bits per heavy atom. The van der Waals surface area contributed by atoms with Crippen LogP contribution < -0.4 is 10.5 Å². The minimum atomic E-state index is -3.36. The van der Waals surface area contributed by atoms with E-state index in [0.29, 0.717) is 19.6 Å². The molecule has 0 aliphatic heterocycles. The van der Waals surface area contributed by atoms with Gasteiger partial charge in [-0.2, -0.15) is 12.7 Å². The Hall–Kier alpha value is -0.170. The molecule has 0 heterocycles. The number of nitrogens with two attached hydrogens (primary N) is 1. The Bertz CT molecular complexity index is 320. The van der Waals surface area contributed by atoms with Crippen LogP contribution in [-0.4, -0.2) is 37.9 Å². The van der Waals surface area contributed by atoms with Gasteiger partial charge < -0.3 is 5.73 Å². The molecule has 1 saturated carbocycles. The number of hydrogen-bond donors (Lipinski definition) is 2. The molecule has 0 aromatic carbocycles. The smallest absolute Gasteiger partial charge is 0.279 e. The molecule has 0 radical (unpaired) electrons. The molecular weight excluding hydrogens is 238 g/mol. The van der Waals surface area contributed by atoms with Gasteiger partial charge in [0.05, 0.1) is 0 Å². The van der Waals surface area contributed by atoms with Crippen LogP contribution >= 0.6 is 0 Å². The van der Waals surface area contributed by atoms with Gasteiger partial charge in [-0.25, -0.2) is 4.72 Å². The molecule has 1 aliphatic carbocycles. The van der Waals surface area contributed by atoms with Gasteiger partial charge in [0, 0.05) is 25.2 Å². The average Bonchev–Trinajstić information content (AvgIpc) is 2.29. The van der Waals surface area contributed by atoms with Crippen molar-refractivity contribution >= 4 is 10.2 Å². The molecule has 0 amide bonds. The second-order valence-electron chi connectivity index (χ2n) is 4.83. The lowest BCUT2D eigenvalue weighted by molar-refractivity contribution is 0.293. The molecule has 1 rings (SSSR count).